The maximum Gasteiger partial charge on any atom is 0.407 e. The van der Waals surface area contributed by atoms with E-state index in [-0.39, 0.29) is 17.9 Å². The molecular formula is C13H23NO5. The van der Waals surface area contributed by atoms with Gasteiger partial charge in [-0.1, -0.05) is 0 Å². The summed E-state index contributed by atoms with van der Waals surface area (Å²) < 4.78 is 9.79. The zero-order valence-corrected chi connectivity index (χ0v) is 11.9. The molecule has 110 valence electrons. The molecule has 0 saturated heterocycles. The summed E-state index contributed by atoms with van der Waals surface area (Å²) in [5.74, 6) is -0.605. The molecule has 0 bridgehead atoms. The van der Waals surface area contributed by atoms with Crippen LogP contribution in [0.3, 0.4) is 0 Å². The fourth-order valence-electron chi connectivity index (χ4n) is 2.15. The topological polar surface area (TPSA) is 84.9 Å². The highest BCUT2D eigenvalue weighted by Gasteiger charge is 2.34. The molecule has 6 heteroatoms. The Morgan fingerprint density at radius 2 is 1.89 bits per heavy atom. The van der Waals surface area contributed by atoms with Crippen LogP contribution in [-0.4, -0.2) is 42.0 Å². The van der Waals surface area contributed by atoms with Gasteiger partial charge >= 0.3 is 12.1 Å². The molecule has 6 nitrogen and oxygen atoms in total. The third kappa shape index (κ3) is 5.06. The van der Waals surface area contributed by atoms with Crippen molar-refractivity contribution in [2.45, 2.75) is 57.8 Å². The Balaban J connectivity index is 2.46. The number of ether oxygens (including phenoxy) is 2. The summed E-state index contributed by atoms with van der Waals surface area (Å²) in [5.41, 5.74) is -0.571. The predicted molar refractivity (Wildman–Crippen MR) is 68.5 cm³/mol. The van der Waals surface area contributed by atoms with E-state index < -0.39 is 17.8 Å². The Morgan fingerprint density at radius 3 is 2.37 bits per heavy atom. The molecule has 0 unspecified atom stereocenters. The molecule has 1 amide bonds. The molecule has 19 heavy (non-hydrogen) atoms. The molecule has 2 N–H and O–H groups in total. The molecule has 0 spiro atoms. The smallest absolute Gasteiger partial charge is 0.407 e. The lowest BCUT2D eigenvalue weighted by Gasteiger charge is -2.32. The van der Waals surface area contributed by atoms with Gasteiger partial charge in [0.25, 0.3) is 0 Å². The van der Waals surface area contributed by atoms with Crippen LogP contribution in [-0.2, 0) is 14.3 Å². The SMILES string of the molecule is COC(=O)[C@@H]1CC[C@@H](NC(=O)OC(C)(C)C)[C@@H](O)C1. The lowest BCUT2D eigenvalue weighted by molar-refractivity contribution is -0.148. The molecule has 1 saturated carbocycles. The van der Waals surface area contributed by atoms with E-state index in [0.29, 0.717) is 19.3 Å². The lowest BCUT2D eigenvalue weighted by Crippen LogP contribution is -2.49. The first-order valence-corrected chi connectivity index (χ1v) is 6.48. The van der Waals surface area contributed by atoms with E-state index in [0.717, 1.165) is 0 Å². The van der Waals surface area contributed by atoms with E-state index in [9.17, 15) is 14.7 Å². The molecule has 0 aromatic rings. The standard InChI is InChI=1S/C13H23NO5/c1-13(2,3)19-12(17)14-9-6-5-8(7-10(9)15)11(16)18-4/h8-10,15H,5-7H2,1-4H3,(H,14,17)/t8-,9-,10+/m1/s1. The summed E-state index contributed by atoms with van der Waals surface area (Å²) >= 11 is 0. The average molecular weight is 273 g/mol. The number of methoxy groups -OCH3 is 1. The summed E-state index contributed by atoms with van der Waals surface area (Å²) in [7, 11) is 1.33. The molecule has 0 heterocycles. The Hall–Kier alpha value is -1.30. The highest BCUT2D eigenvalue weighted by Crippen LogP contribution is 2.26. The van der Waals surface area contributed by atoms with Crippen molar-refractivity contribution in [2.75, 3.05) is 7.11 Å². The summed E-state index contributed by atoms with van der Waals surface area (Å²) in [6.45, 7) is 5.32. The van der Waals surface area contributed by atoms with Crippen molar-refractivity contribution in [3.05, 3.63) is 0 Å². The average Bonchev–Trinajstić information content (AvgIpc) is 2.28. The maximum absolute atomic E-state index is 11.6. The molecule has 3 atom stereocenters. The Kier molecular flexibility index (Phi) is 5.17. The molecular weight excluding hydrogens is 250 g/mol. The monoisotopic (exact) mass is 273 g/mol. The number of carbonyl (C=O) groups is 2. The third-order valence-corrected chi connectivity index (χ3v) is 3.05. The Bertz CT molecular complexity index is 336. The quantitative estimate of drug-likeness (QED) is 0.739. The maximum atomic E-state index is 11.6. The second-order valence-corrected chi connectivity index (χ2v) is 5.85. The van der Waals surface area contributed by atoms with Gasteiger partial charge in [0.05, 0.1) is 25.2 Å². The number of esters is 1. The third-order valence-electron chi connectivity index (χ3n) is 3.05. The fourth-order valence-corrected chi connectivity index (χ4v) is 2.15. The van der Waals surface area contributed by atoms with Crippen LogP contribution in [0.25, 0.3) is 0 Å². The number of aliphatic hydroxyl groups is 1. The minimum absolute atomic E-state index is 0.295. The van der Waals surface area contributed by atoms with Crippen LogP contribution in [0.2, 0.25) is 0 Å². The molecule has 0 radical (unpaired) electrons. The first-order valence-electron chi connectivity index (χ1n) is 6.48. The van der Waals surface area contributed by atoms with Crippen molar-refractivity contribution in [3.63, 3.8) is 0 Å². The van der Waals surface area contributed by atoms with Crippen LogP contribution in [0, 0.1) is 5.92 Å². The number of alkyl carbamates (subject to hydrolysis) is 1. The number of nitrogens with one attached hydrogen (secondary N) is 1. The van der Waals surface area contributed by atoms with E-state index in [1.54, 1.807) is 20.8 Å². The van der Waals surface area contributed by atoms with Gasteiger partial charge in [-0.2, -0.15) is 0 Å². The zero-order valence-electron chi connectivity index (χ0n) is 11.9. The van der Waals surface area contributed by atoms with Gasteiger partial charge in [0.1, 0.15) is 5.60 Å². The van der Waals surface area contributed by atoms with Crippen molar-refractivity contribution in [2.24, 2.45) is 5.92 Å². The molecule has 1 fully saturated rings. The number of aliphatic hydroxyl groups excluding tert-OH is 1. The van der Waals surface area contributed by atoms with Crippen molar-refractivity contribution in [3.8, 4) is 0 Å². The van der Waals surface area contributed by atoms with E-state index >= 15 is 0 Å². The Labute approximate surface area is 113 Å². The highest BCUT2D eigenvalue weighted by atomic mass is 16.6. The summed E-state index contributed by atoms with van der Waals surface area (Å²) in [6, 6.07) is -0.379. The van der Waals surface area contributed by atoms with Gasteiger partial charge in [0, 0.05) is 0 Å². The Morgan fingerprint density at radius 1 is 1.26 bits per heavy atom. The van der Waals surface area contributed by atoms with Gasteiger partial charge in [-0.25, -0.2) is 4.79 Å². The van der Waals surface area contributed by atoms with E-state index in [4.69, 9.17) is 4.74 Å². The van der Waals surface area contributed by atoms with Crippen LogP contribution in [0.15, 0.2) is 0 Å². The highest BCUT2D eigenvalue weighted by molar-refractivity contribution is 5.72. The van der Waals surface area contributed by atoms with Gasteiger partial charge < -0.3 is 19.9 Å². The minimum Gasteiger partial charge on any atom is -0.469 e. The zero-order chi connectivity index (χ0) is 14.6. The number of hydrogen-bond donors (Lipinski definition) is 2. The second-order valence-electron chi connectivity index (χ2n) is 5.85. The van der Waals surface area contributed by atoms with E-state index in [1.807, 2.05) is 0 Å². The number of carbonyl (C=O) groups excluding carboxylic acids is 2. The van der Waals surface area contributed by atoms with Crippen LogP contribution < -0.4 is 5.32 Å². The van der Waals surface area contributed by atoms with Crippen LogP contribution >= 0.6 is 0 Å². The summed E-state index contributed by atoms with van der Waals surface area (Å²) in [4.78, 5) is 23.0. The minimum atomic E-state index is -0.759. The molecule has 1 aliphatic carbocycles. The number of amides is 1. The first kappa shape index (κ1) is 15.8. The van der Waals surface area contributed by atoms with Crippen molar-refractivity contribution in [1.82, 2.24) is 5.32 Å². The molecule has 1 rings (SSSR count). The molecule has 1 aliphatic rings. The van der Waals surface area contributed by atoms with Crippen LogP contribution in [0.4, 0.5) is 4.79 Å². The molecule has 0 aliphatic heterocycles. The van der Waals surface area contributed by atoms with Gasteiger partial charge in [0.15, 0.2) is 0 Å². The lowest BCUT2D eigenvalue weighted by atomic mass is 9.84. The van der Waals surface area contributed by atoms with Crippen LogP contribution in [0.1, 0.15) is 40.0 Å². The van der Waals surface area contributed by atoms with Crippen molar-refractivity contribution < 1.29 is 24.2 Å². The van der Waals surface area contributed by atoms with Crippen molar-refractivity contribution >= 4 is 12.1 Å². The van der Waals surface area contributed by atoms with Crippen molar-refractivity contribution in [1.29, 1.82) is 0 Å². The molecule has 0 aromatic carbocycles. The largest absolute Gasteiger partial charge is 0.469 e. The van der Waals surface area contributed by atoms with Gasteiger partial charge in [-0.15, -0.1) is 0 Å². The van der Waals surface area contributed by atoms with Gasteiger partial charge in [-0.3, -0.25) is 4.79 Å². The predicted octanol–water partition coefficient (Wildman–Crippen LogP) is 1.21. The fraction of sp³-hybridized carbons (Fsp3) is 0.846. The first-order chi connectivity index (χ1) is 8.73. The number of rotatable bonds is 2. The summed E-state index contributed by atoms with van der Waals surface area (Å²) in [6.07, 6.45) is 0.107. The summed E-state index contributed by atoms with van der Waals surface area (Å²) in [5, 5.41) is 12.6. The molecule has 0 aromatic heterocycles. The second kappa shape index (κ2) is 6.23. The van der Waals surface area contributed by atoms with E-state index in [2.05, 4.69) is 10.1 Å². The van der Waals surface area contributed by atoms with Gasteiger partial charge in [0.2, 0.25) is 0 Å². The van der Waals surface area contributed by atoms with E-state index in [1.165, 1.54) is 7.11 Å². The normalized spacial score (nSPS) is 27.5. The van der Waals surface area contributed by atoms with Crippen LogP contribution in [0.5, 0.6) is 0 Å². The van der Waals surface area contributed by atoms with Gasteiger partial charge in [-0.05, 0) is 40.0 Å². The number of hydrogen-bond acceptors (Lipinski definition) is 5.